The quantitative estimate of drug-likeness (QED) is 0.170. The van der Waals surface area contributed by atoms with Crippen molar-refractivity contribution in [3.05, 3.63) is 70.6 Å². The van der Waals surface area contributed by atoms with Gasteiger partial charge in [-0.15, -0.1) is 23.1 Å². The third kappa shape index (κ3) is 7.98. The molecule has 3 N–H and O–H groups in total. The van der Waals surface area contributed by atoms with Gasteiger partial charge in [0.2, 0.25) is 11.8 Å². The molecule has 41 heavy (non-hydrogen) atoms. The molecule has 0 spiro atoms. The summed E-state index contributed by atoms with van der Waals surface area (Å²) in [5, 5.41) is 8.44. The molecule has 0 bridgehead atoms. The zero-order chi connectivity index (χ0) is 29.4. The van der Waals surface area contributed by atoms with Gasteiger partial charge < -0.3 is 20.7 Å². The van der Waals surface area contributed by atoms with Crippen LogP contribution in [0.2, 0.25) is 0 Å². The molecule has 1 fully saturated rings. The number of esters is 1. The standard InChI is InChI=1S/C31H35N3O5S2/c1-4-39-31(38)25-19(2)26(29(37)32-22-14-9-6-10-15-22)41-30(25)34-27(35)20(3)40-24-17-11-16-23(18-24)33-28(36)21-12-7-5-8-13-21/h6,9-11,14-18,20-21H,4-5,7-8,12-13H2,1-3H3,(H,32,37)(H,33,36)(H,34,35). The van der Waals surface area contributed by atoms with E-state index in [4.69, 9.17) is 4.74 Å². The summed E-state index contributed by atoms with van der Waals surface area (Å²) in [6, 6.07) is 16.5. The van der Waals surface area contributed by atoms with Gasteiger partial charge in [-0.3, -0.25) is 14.4 Å². The number of benzene rings is 2. The molecule has 0 radical (unpaired) electrons. The monoisotopic (exact) mass is 593 g/mol. The van der Waals surface area contributed by atoms with Gasteiger partial charge in [-0.05, 0) is 69.5 Å². The highest BCUT2D eigenvalue weighted by Gasteiger charge is 2.28. The highest BCUT2D eigenvalue weighted by atomic mass is 32.2. The van der Waals surface area contributed by atoms with E-state index in [-0.39, 0.29) is 40.8 Å². The van der Waals surface area contributed by atoms with E-state index in [0.29, 0.717) is 21.8 Å². The summed E-state index contributed by atoms with van der Waals surface area (Å²) in [6.45, 7) is 5.29. The number of hydrogen-bond donors (Lipinski definition) is 3. The Labute approximate surface area is 248 Å². The van der Waals surface area contributed by atoms with E-state index in [1.807, 2.05) is 42.5 Å². The van der Waals surface area contributed by atoms with Crippen LogP contribution in [-0.4, -0.2) is 35.5 Å². The van der Waals surface area contributed by atoms with E-state index in [9.17, 15) is 19.2 Å². The molecule has 1 aliphatic carbocycles. The Morgan fingerprint density at radius 3 is 2.37 bits per heavy atom. The van der Waals surface area contributed by atoms with Crippen LogP contribution in [0.5, 0.6) is 0 Å². The van der Waals surface area contributed by atoms with Gasteiger partial charge in [-0.1, -0.05) is 43.5 Å². The Morgan fingerprint density at radius 1 is 0.951 bits per heavy atom. The molecule has 1 heterocycles. The summed E-state index contributed by atoms with van der Waals surface area (Å²) < 4.78 is 5.23. The van der Waals surface area contributed by atoms with Crippen LogP contribution in [-0.2, 0) is 14.3 Å². The minimum absolute atomic E-state index is 0.0457. The van der Waals surface area contributed by atoms with Crippen molar-refractivity contribution in [2.45, 2.75) is 63.0 Å². The molecule has 8 nitrogen and oxygen atoms in total. The van der Waals surface area contributed by atoms with E-state index in [2.05, 4.69) is 16.0 Å². The number of amides is 3. The first kappa shape index (κ1) is 30.3. The van der Waals surface area contributed by atoms with Crippen LogP contribution in [0, 0.1) is 12.8 Å². The van der Waals surface area contributed by atoms with Crippen LogP contribution in [0.3, 0.4) is 0 Å². The van der Waals surface area contributed by atoms with Gasteiger partial charge >= 0.3 is 5.97 Å². The van der Waals surface area contributed by atoms with Crippen molar-refractivity contribution in [3.63, 3.8) is 0 Å². The fraction of sp³-hybridized carbons (Fsp3) is 0.355. The van der Waals surface area contributed by atoms with Gasteiger partial charge in [0, 0.05) is 22.2 Å². The smallest absolute Gasteiger partial charge is 0.341 e. The van der Waals surface area contributed by atoms with Crippen molar-refractivity contribution in [1.82, 2.24) is 0 Å². The number of para-hydroxylation sites is 1. The Hall–Kier alpha value is -3.63. The van der Waals surface area contributed by atoms with Gasteiger partial charge in [-0.2, -0.15) is 0 Å². The lowest BCUT2D eigenvalue weighted by atomic mass is 9.88. The normalized spacial score (nSPS) is 14.1. The van der Waals surface area contributed by atoms with Gasteiger partial charge in [0.1, 0.15) is 5.00 Å². The molecular weight excluding hydrogens is 558 g/mol. The average Bonchev–Trinajstić information content (AvgIpc) is 3.29. The van der Waals surface area contributed by atoms with Crippen LogP contribution >= 0.6 is 23.1 Å². The Balaban J connectivity index is 1.46. The Bertz CT molecular complexity index is 1400. The van der Waals surface area contributed by atoms with Crippen LogP contribution in [0.15, 0.2) is 59.5 Å². The number of ether oxygens (including phenoxy) is 1. The van der Waals surface area contributed by atoms with Gasteiger partial charge in [-0.25, -0.2) is 4.79 Å². The van der Waals surface area contributed by atoms with E-state index in [0.717, 1.165) is 41.9 Å². The lowest BCUT2D eigenvalue weighted by Gasteiger charge is -2.21. The van der Waals surface area contributed by atoms with E-state index >= 15 is 0 Å². The van der Waals surface area contributed by atoms with Gasteiger partial charge in [0.15, 0.2) is 0 Å². The van der Waals surface area contributed by atoms with Crippen LogP contribution in [0.25, 0.3) is 0 Å². The Kier molecular flexibility index (Phi) is 10.6. The zero-order valence-electron chi connectivity index (χ0n) is 23.5. The first-order valence-electron chi connectivity index (χ1n) is 13.8. The molecule has 3 aromatic rings. The maximum atomic E-state index is 13.3. The molecule has 1 aromatic heterocycles. The van der Waals surface area contributed by atoms with Gasteiger partial charge in [0.05, 0.1) is 22.3 Å². The molecule has 1 unspecified atom stereocenters. The van der Waals surface area contributed by atoms with Crippen molar-refractivity contribution >= 4 is 63.2 Å². The lowest BCUT2D eigenvalue weighted by molar-refractivity contribution is -0.120. The summed E-state index contributed by atoms with van der Waals surface area (Å²) in [7, 11) is 0. The molecule has 1 saturated carbocycles. The maximum absolute atomic E-state index is 13.3. The number of carbonyl (C=O) groups is 4. The number of thioether (sulfide) groups is 1. The summed E-state index contributed by atoms with van der Waals surface area (Å²) in [5.74, 6) is -1.21. The van der Waals surface area contributed by atoms with Crippen LogP contribution in [0.1, 0.15) is 71.5 Å². The van der Waals surface area contributed by atoms with E-state index in [1.165, 1.54) is 18.2 Å². The molecule has 2 aromatic carbocycles. The van der Waals surface area contributed by atoms with Crippen molar-refractivity contribution in [2.24, 2.45) is 5.92 Å². The highest BCUT2D eigenvalue weighted by Crippen LogP contribution is 2.36. The molecule has 1 atom stereocenters. The lowest BCUT2D eigenvalue weighted by Crippen LogP contribution is -2.24. The third-order valence-electron chi connectivity index (χ3n) is 6.86. The second-order valence-corrected chi connectivity index (χ2v) is 12.3. The number of anilines is 3. The van der Waals surface area contributed by atoms with E-state index < -0.39 is 11.2 Å². The second-order valence-electron chi connectivity index (χ2n) is 9.90. The van der Waals surface area contributed by atoms with Crippen molar-refractivity contribution in [1.29, 1.82) is 0 Å². The number of rotatable bonds is 10. The van der Waals surface area contributed by atoms with Crippen LogP contribution in [0.4, 0.5) is 16.4 Å². The molecule has 216 valence electrons. The molecule has 0 aliphatic heterocycles. The van der Waals surface area contributed by atoms with Crippen molar-refractivity contribution in [2.75, 3.05) is 22.6 Å². The molecule has 10 heteroatoms. The topological polar surface area (TPSA) is 114 Å². The molecule has 4 rings (SSSR count). The molecule has 1 aliphatic rings. The zero-order valence-corrected chi connectivity index (χ0v) is 25.1. The highest BCUT2D eigenvalue weighted by molar-refractivity contribution is 8.00. The summed E-state index contributed by atoms with van der Waals surface area (Å²) >= 11 is 2.38. The SMILES string of the molecule is CCOC(=O)c1c(NC(=O)C(C)Sc2cccc(NC(=O)C3CCCCC3)c2)sc(C(=O)Nc2ccccc2)c1C. The predicted molar refractivity (Wildman–Crippen MR) is 165 cm³/mol. The van der Waals surface area contributed by atoms with Crippen molar-refractivity contribution < 1.29 is 23.9 Å². The molecular formula is C31H35N3O5S2. The summed E-state index contributed by atoms with van der Waals surface area (Å²) in [4.78, 5) is 52.9. The van der Waals surface area contributed by atoms with Crippen LogP contribution < -0.4 is 16.0 Å². The third-order valence-corrected chi connectivity index (χ3v) is 9.16. The summed E-state index contributed by atoms with van der Waals surface area (Å²) in [5.41, 5.74) is 1.94. The number of thiophene rings is 1. The molecule has 3 amide bonds. The number of hydrogen-bond acceptors (Lipinski definition) is 7. The Morgan fingerprint density at radius 2 is 1.66 bits per heavy atom. The number of carbonyl (C=O) groups excluding carboxylic acids is 4. The predicted octanol–water partition coefficient (Wildman–Crippen LogP) is 7.12. The average molecular weight is 594 g/mol. The van der Waals surface area contributed by atoms with Gasteiger partial charge in [0.25, 0.3) is 5.91 Å². The van der Waals surface area contributed by atoms with Crippen molar-refractivity contribution in [3.8, 4) is 0 Å². The fourth-order valence-electron chi connectivity index (χ4n) is 4.70. The fourth-order valence-corrected chi connectivity index (χ4v) is 6.72. The maximum Gasteiger partial charge on any atom is 0.341 e. The largest absolute Gasteiger partial charge is 0.462 e. The minimum atomic E-state index is -0.600. The number of nitrogens with one attached hydrogen (secondary N) is 3. The summed E-state index contributed by atoms with van der Waals surface area (Å²) in [6.07, 6.45) is 5.19. The van der Waals surface area contributed by atoms with E-state index in [1.54, 1.807) is 32.9 Å². The second kappa shape index (κ2) is 14.3. The first-order chi connectivity index (χ1) is 19.8. The minimum Gasteiger partial charge on any atom is -0.462 e. The first-order valence-corrected chi connectivity index (χ1v) is 15.5. The molecule has 0 saturated heterocycles.